The molecule has 0 aromatic heterocycles. The van der Waals surface area contributed by atoms with E-state index < -0.39 is 0 Å². The van der Waals surface area contributed by atoms with Crippen LogP contribution >= 0.6 is 0 Å². The normalized spacial score (nSPS) is 0. The molecular formula is CoCrFeO4. The zero-order valence-electron chi connectivity index (χ0n) is 2.73. The van der Waals surface area contributed by atoms with Crippen LogP contribution in [0.25, 0.3) is 0 Å². The van der Waals surface area contributed by atoms with E-state index in [0.717, 1.165) is 0 Å². The Balaban J connectivity index is 0. The van der Waals surface area contributed by atoms with E-state index in [1.54, 1.807) is 0 Å². The summed E-state index contributed by atoms with van der Waals surface area (Å²) in [6.45, 7) is 0. The van der Waals surface area contributed by atoms with Crippen LogP contribution in [0.15, 0.2) is 0 Å². The van der Waals surface area contributed by atoms with Crippen LogP contribution < -0.4 is 0 Å². The maximum atomic E-state index is 0. The summed E-state index contributed by atoms with van der Waals surface area (Å²) in [4.78, 5) is 0. The van der Waals surface area contributed by atoms with Crippen molar-refractivity contribution in [3.63, 3.8) is 0 Å². The van der Waals surface area contributed by atoms with Gasteiger partial charge in [-0.05, 0) is 0 Å². The molecule has 47 valence electrons. The van der Waals surface area contributed by atoms with E-state index in [0.29, 0.717) is 0 Å². The molecule has 0 aliphatic rings. The summed E-state index contributed by atoms with van der Waals surface area (Å²) in [5, 5.41) is 0. The minimum absolute atomic E-state index is 0. The summed E-state index contributed by atoms with van der Waals surface area (Å²) >= 11 is 0. The molecule has 0 aromatic rings. The van der Waals surface area contributed by atoms with Crippen molar-refractivity contribution in [1.29, 1.82) is 0 Å². The van der Waals surface area contributed by atoms with Crippen molar-refractivity contribution in [3.8, 4) is 0 Å². The van der Waals surface area contributed by atoms with Gasteiger partial charge in [0.05, 0.1) is 0 Å². The second-order valence-electron chi connectivity index (χ2n) is 0. The van der Waals surface area contributed by atoms with Gasteiger partial charge in [0.15, 0.2) is 0 Å². The van der Waals surface area contributed by atoms with Crippen LogP contribution in [0, 0.1) is 0 Å². The van der Waals surface area contributed by atoms with Crippen molar-refractivity contribution >= 4 is 0 Å². The van der Waals surface area contributed by atoms with E-state index in [-0.39, 0.29) is 73.1 Å². The van der Waals surface area contributed by atoms with E-state index in [1.807, 2.05) is 0 Å². The van der Waals surface area contributed by atoms with Crippen LogP contribution in [0.4, 0.5) is 0 Å². The Bertz CT molecular complexity index is 11.7. The fourth-order valence-corrected chi connectivity index (χ4v) is 0. The molecule has 0 bridgehead atoms. The predicted molar refractivity (Wildman–Crippen MR) is 2.75 cm³/mol. The second-order valence-corrected chi connectivity index (χ2v) is 0. The Morgan fingerprint density at radius 2 is 0.571 bits per heavy atom. The molecule has 0 aliphatic heterocycles. The number of rotatable bonds is 0. The minimum Gasteiger partial charge on any atom is -2.00 e. The number of hydrogen-bond acceptors (Lipinski definition) is 0. The summed E-state index contributed by atoms with van der Waals surface area (Å²) in [5.74, 6) is 0. The van der Waals surface area contributed by atoms with Gasteiger partial charge >= 0.3 is 51.2 Å². The molecule has 0 amide bonds. The summed E-state index contributed by atoms with van der Waals surface area (Å²) in [6.07, 6.45) is 0. The van der Waals surface area contributed by atoms with Gasteiger partial charge in [-0.1, -0.05) is 0 Å². The molecular weight excluding hydrogens is 231 g/mol. The van der Waals surface area contributed by atoms with Crippen molar-refractivity contribution < 1.29 is 73.1 Å². The van der Waals surface area contributed by atoms with E-state index in [4.69, 9.17) is 0 Å². The molecule has 0 heterocycles. The summed E-state index contributed by atoms with van der Waals surface area (Å²) in [6, 6.07) is 0. The van der Waals surface area contributed by atoms with Crippen molar-refractivity contribution in [1.82, 2.24) is 0 Å². The molecule has 4 nitrogen and oxygen atoms in total. The molecule has 0 saturated carbocycles. The molecule has 0 spiro atoms. The van der Waals surface area contributed by atoms with Gasteiger partial charge in [-0.2, -0.15) is 0 Å². The maximum Gasteiger partial charge on any atom is 3.00 e. The van der Waals surface area contributed by atoms with Crippen molar-refractivity contribution in [2.24, 2.45) is 0 Å². The van der Waals surface area contributed by atoms with Crippen LogP contribution in [-0.2, 0) is 73.1 Å². The second kappa shape index (κ2) is 155. The van der Waals surface area contributed by atoms with Crippen molar-refractivity contribution in [3.05, 3.63) is 0 Å². The SMILES string of the molecule is [Co+2].[Cr+3].[Fe+3].[O-2].[O-2].[O-2].[O-2]. The van der Waals surface area contributed by atoms with Crippen LogP contribution in [-0.4, -0.2) is 0 Å². The summed E-state index contributed by atoms with van der Waals surface area (Å²) in [7, 11) is 0. The smallest absolute Gasteiger partial charge is 2.00 e. The van der Waals surface area contributed by atoms with Crippen LogP contribution in [0.5, 0.6) is 0 Å². The van der Waals surface area contributed by atoms with Gasteiger partial charge in [0, 0.05) is 0 Å². The first-order chi connectivity index (χ1) is 0. The zero-order chi connectivity index (χ0) is 0. The zero-order valence-corrected chi connectivity index (χ0v) is 6.15. The number of hydrogen-bond donors (Lipinski definition) is 0. The Hall–Kier alpha value is 1.40. The third-order valence-corrected chi connectivity index (χ3v) is 0. The standard InChI is InChI=1S/Co.Cr.Fe.4O/q+2;2*+3;4*-2. The molecule has 3 radical (unpaired) electrons. The fraction of sp³-hybridized carbons (Fsp3) is 0. The first kappa shape index (κ1) is 235. The van der Waals surface area contributed by atoms with Gasteiger partial charge < -0.3 is 21.9 Å². The van der Waals surface area contributed by atoms with Gasteiger partial charge in [0.2, 0.25) is 0 Å². The molecule has 7 heavy (non-hydrogen) atoms. The largest absolute Gasteiger partial charge is 3.00 e. The molecule has 7 heteroatoms. The first-order valence-electron chi connectivity index (χ1n) is 0. The van der Waals surface area contributed by atoms with Crippen LogP contribution in [0.1, 0.15) is 0 Å². The molecule has 0 unspecified atom stereocenters. The van der Waals surface area contributed by atoms with Gasteiger partial charge in [-0.3, -0.25) is 0 Å². The molecule has 0 fully saturated rings. The minimum atomic E-state index is 0. The van der Waals surface area contributed by atoms with Crippen molar-refractivity contribution in [2.45, 2.75) is 0 Å². The van der Waals surface area contributed by atoms with E-state index in [1.165, 1.54) is 0 Å². The molecule has 0 aliphatic carbocycles. The molecule has 0 N–H and O–H groups in total. The van der Waals surface area contributed by atoms with E-state index >= 15 is 0 Å². The molecule has 0 atom stereocenters. The fourth-order valence-electron chi connectivity index (χ4n) is 0. The topological polar surface area (TPSA) is 114 Å². The van der Waals surface area contributed by atoms with E-state index in [9.17, 15) is 0 Å². The first-order valence-corrected chi connectivity index (χ1v) is 0. The summed E-state index contributed by atoms with van der Waals surface area (Å²) in [5.41, 5.74) is 0. The monoisotopic (exact) mass is 231 g/mol. The quantitative estimate of drug-likeness (QED) is 0.500. The maximum absolute atomic E-state index is 0. The Kier molecular flexibility index (Phi) is 5200. The Morgan fingerprint density at radius 3 is 0.571 bits per heavy atom. The van der Waals surface area contributed by atoms with Crippen LogP contribution in [0.3, 0.4) is 0 Å². The molecule has 0 aromatic carbocycles. The average Bonchev–Trinajstić information content (AvgIpc) is 0. The molecule has 0 rings (SSSR count). The van der Waals surface area contributed by atoms with Gasteiger partial charge in [-0.15, -0.1) is 0 Å². The Labute approximate surface area is 73.1 Å². The van der Waals surface area contributed by atoms with Gasteiger partial charge in [-0.25, -0.2) is 0 Å². The third kappa shape index (κ3) is 110. The summed E-state index contributed by atoms with van der Waals surface area (Å²) < 4.78 is 0. The average molecular weight is 231 g/mol. The van der Waals surface area contributed by atoms with Gasteiger partial charge in [0.25, 0.3) is 0 Å². The predicted octanol–water partition coefficient (Wildman–Crippen LogP) is -0.483. The van der Waals surface area contributed by atoms with Gasteiger partial charge in [0.1, 0.15) is 0 Å². The third-order valence-electron chi connectivity index (χ3n) is 0. The Morgan fingerprint density at radius 1 is 0.571 bits per heavy atom. The van der Waals surface area contributed by atoms with Crippen LogP contribution in [0.2, 0.25) is 0 Å². The van der Waals surface area contributed by atoms with E-state index in [2.05, 4.69) is 0 Å². The van der Waals surface area contributed by atoms with Crippen molar-refractivity contribution in [2.75, 3.05) is 0 Å². The molecule has 0 saturated heterocycles.